The number of rotatable bonds is 5. The Kier molecular flexibility index (Phi) is 6.59. The molecule has 4 rings (SSSR count). The molecule has 0 radical (unpaired) electrons. The quantitative estimate of drug-likeness (QED) is 0.732. The molecule has 0 saturated carbocycles. The molecule has 2 aliphatic heterocycles. The van der Waals surface area contributed by atoms with Gasteiger partial charge in [-0.15, -0.1) is 0 Å². The van der Waals surface area contributed by atoms with E-state index < -0.39 is 0 Å². The lowest BCUT2D eigenvalue weighted by Gasteiger charge is -2.38. The first kappa shape index (κ1) is 21.1. The van der Waals surface area contributed by atoms with Crippen LogP contribution in [0, 0.1) is 0 Å². The van der Waals surface area contributed by atoms with Crippen LogP contribution in [0.4, 0.5) is 5.69 Å². The van der Waals surface area contributed by atoms with Crippen molar-refractivity contribution in [2.24, 2.45) is 4.99 Å². The highest BCUT2D eigenvalue weighted by atomic mass is 35.5. The van der Waals surface area contributed by atoms with E-state index in [0.29, 0.717) is 12.0 Å². The van der Waals surface area contributed by atoms with Gasteiger partial charge >= 0.3 is 0 Å². The van der Waals surface area contributed by atoms with Gasteiger partial charge in [-0.2, -0.15) is 0 Å². The number of nitrogens with one attached hydrogen (secondary N) is 1. The molecule has 2 saturated heterocycles. The zero-order valence-electron chi connectivity index (χ0n) is 17.9. The topological polar surface area (TPSA) is 51.7 Å². The Balaban J connectivity index is 1.35. The standard InChI is InChI=1S/C24H31ClN4O/c1-3-18-5-6-22(27-24(18)30)19-8-11-29(16-19)20-9-12-28(13-10-20)23-7-4-17(15-26-2)14-21(23)25/h4-7,14-15,19-20H,3,8-13,16H2,1-2H3,(H,27,30)/b26-15-. The number of benzene rings is 1. The highest BCUT2D eigenvalue weighted by molar-refractivity contribution is 6.33. The molecule has 2 fully saturated rings. The predicted molar refractivity (Wildman–Crippen MR) is 126 cm³/mol. The van der Waals surface area contributed by atoms with Crippen LogP contribution in [0.5, 0.6) is 0 Å². The Morgan fingerprint density at radius 1 is 1.17 bits per heavy atom. The molecule has 160 valence electrons. The van der Waals surface area contributed by atoms with E-state index in [-0.39, 0.29) is 5.56 Å². The van der Waals surface area contributed by atoms with Gasteiger partial charge in [0, 0.05) is 56.1 Å². The average Bonchev–Trinajstić information content (AvgIpc) is 3.25. The number of likely N-dealkylation sites (tertiary alicyclic amines) is 1. The van der Waals surface area contributed by atoms with Crippen LogP contribution < -0.4 is 10.5 Å². The number of aliphatic imine (C=N–C) groups is 1. The molecule has 1 aromatic carbocycles. The van der Waals surface area contributed by atoms with Gasteiger partial charge in [0.15, 0.2) is 0 Å². The van der Waals surface area contributed by atoms with E-state index in [9.17, 15) is 4.79 Å². The maximum Gasteiger partial charge on any atom is 0.251 e. The second-order valence-corrected chi connectivity index (χ2v) is 8.83. The summed E-state index contributed by atoms with van der Waals surface area (Å²) >= 11 is 6.54. The highest BCUT2D eigenvalue weighted by Gasteiger charge is 2.32. The van der Waals surface area contributed by atoms with Gasteiger partial charge in [0.1, 0.15) is 0 Å². The van der Waals surface area contributed by atoms with Gasteiger partial charge in [0.05, 0.1) is 10.7 Å². The smallest absolute Gasteiger partial charge is 0.251 e. The Morgan fingerprint density at radius 2 is 1.97 bits per heavy atom. The Bertz CT molecular complexity index is 962. The van der Waals surface area contributed by atoms with Crippen molar-refractivity contribution in [3.05, 3.63) is 62.5 Å². The first-order valence-corrected chi connectivity index (χ1v) is 11.4. The molecule has 30 heavy (non-hydrogen) atoms. The summed E-state index contributed by atoms with van der Waals surface area (Å²) in [7, 11) is 1.77. The number of aromatic amines is 1. The number of piperidine rings is 1. The summed E-state index contributed by atoms with van der Waals surface area (Å²) in [6.07, 6.45) is 6.02. The number of hydrogen-bond acceptors (Lipinski definition) is 4. The van der Waals surface area contributed by atoms with Crippen LogP contribution in [0.3, 0.4) is 0 Å². The van der Waals surface area contributed by atoms with Crippen LogP contribution >= 0.6 is 11.6 Å². The van der Waals surface area contributed by atoms with Crippen LogP contribution in [-0.2, 0) is 6.42 Å². The first-order chi connectivity index (χ1) is 14.6. The highest BCUT2D eigenvalue weighted by Crippen LogP contribution is 2.33. The summed E-state index contributed by atoms with van der Waals surface area (Å²) in [5.41, 5.74) is 4.20. The van der Waals surface area contributed by atoms with E-state index in [2.05, 4.69) is 38.0 Å². The van der Waals surface area contributed by atoms with Crippen molar-refractivity contribution in [1.82, 2.24) is 9.88 Å². The fraction of sp³-hybridized carbons (Fsp3) is 0.500. The first-order valence-electron chi connectivity index (χ1n) is 11.0. The van der Waals surface area contributed by atoms with Crippen molar-refractivity contribution in [2.75, 3.05) is 38.1 Å². The van der Waals surface area contributed by atoms with Crippen molar-refractivity contribution in [1.29, 1.82) is 0 Å². The summed E-state index contributed by atoms with van der Waals surface area (Å²) in [6, 6.07) is 10.9. The maximum atomic E-state index is 12.2. The van der Waals surface area contributed by atoms with Crippen LogP contribution in [0.25, 0.3) is 0 Å². The molecule has 5 nitrogen and oxygen atoms in total. The normalized spacial score (nSPS) is 21.0. The van der Waals surface area contributed by atoms with E-state index in [0.717, 1.165) is 79.4 Å². The number of halogens is 1. The number of nitrogens with zero attached hydrogens (tertiary/aromatic N) is 3. The van der Waals surface area contributed by atoms with E-state index in [1.165, 1.54) is 0 Å². The summed E-state index contributed by atoms with van der Waals surface area (Å²) in [5, 5.41) is 0.798. The predicted octanol–water partition coefficient (Wildman–Crippen LogP) is 4.10. The molecule has 0 amide bonds. The van der Waals surface area contributed by atoms with Gasteiger partial charge in [-0.3, -0.25) is 14.7 Å². The molecule has 0 spiro atoms. The second-order valence-electron chi connectivity index (χ2n) is 8.42. The van der Waals surface area contributed by atoms with E-state index in [1.54, 1.807) is 7.05 Å². The number of hydrogen-bond donors (Lipinski definition) is 1. The molecular formula is C24H31ClN4O. The fourth-order valence-corrected chi connectivity index (χ4v) is 5.20. The van der Waals surface area contributed by atoms with Gasteiger partial charge < -0.3 is 9.88 Å². The van der Waals surface area contributed by atoms with Gasteiger partial charge in [-0.1, -0.05) is 30.7 Å². The molecule has 2 aliphatic rings. The molecule has 1 atom stereocenters. The lowest BCUT2D eigenvalue weighted by Crippen LogP contribution is -2.44. The lowest BCUT2D eigenvalue weighted by molar-refractivity contribution is 0.205. The van der Waals surface area contributed by atoms with Crippen molar-refractivity contribution < 1.29 is 0 Å². The van der Waals surface area contributed by atoms with E-state index >= 15 is 0 Å². The Labute approximate surface area is 183 Å². The largest absolute Gasteiger partial charge is 0.370 e. The molecule has 0 aliphatic carbocycles. The molecule has 2 aromatic rings. The fourth-order valence-electron chi connectivity index (χ4n) is 4.89. The molecule has 1 unspecified atom stereocenters. The van der Waals surface area contributed by atoms with Crippen molar-refractivity contribution in [2.45, 2.75) is 44.6 Å². The Morgan fingerprint density at radius 3 is 2.63 bits per heavy atom. The minimum absolute atomic E-state index is 0.0786. The van der Waals surface area contributed by atoms with Crippen LogP contribution in [-0.4, -0.2) is 55.4 Å². The maximum absolute atomic E-state index is 12.2. The molecule has 6 heteroatoms. The van der Waals surface area contributed by atoms with Crippen molar-refractivity contribution in [3.63, 3.8) is 0 Å². The molecule has 1 aromatic heterocycles. The van der Waals surface area contributed by atoms with Gasteiger partial charge in [0.25, 0.3) is 5.56 Å². The second kappa shape index (κ2) is 9.36. The van der Waals surface area contributed by atoms with Gasteiger partial charge in [0.2, 0.25) is 0 Å². The number of aryl methyl sites for hydroxylation is 1. The Hall–Kier alpha value is -2.11. The minimum Gasteiger partial charge on any atom is -0.370 e. The molecule has 0 bridgehead atoms. The van der Waals surface area contributed by atoms with Crippen LogP contribution in [0.15, 0.2) is 40.1 Å². The number of anilines is 1. The third-order valence-corrected chi connectivity index (χ3v) is 6.93. The number of aromatic nitrogens is 1. The number of H-pyrrole nitrogens is 1. The number of pyridine rings is 1. The van der Waals surface area contributed by atoms with Gasteiger partial charge in [-0.05, 0) is 56.0 Å². The minimum atomic E-state index is 0.0786. The average molecular weight is 427 g/mol. The molecule has 1 N–H and O–H groups in total. The zero-order valence-corrected chi connectivity index (χ0v) is 18.7. The third-order valence-electron chi connectivity index (χ3n) is 6.63. The summed E-state index contributed by atoms with van der Waals surface area (Å²) < 4.78 is 0. The van der Waals surface area contributed by atoms with E-state index in [1.807, 2.05) is 25.3 Å². The molecule has 3 heterocycles. The van der Waals surface area contributed by atoms with Gasteiger partial charge in [-0.25, -0.2) is 0 Å². The summed E-state index contributed by atoms with van der Waals surface area (Å²) in [5.74, 6) is 0.434. The zero-order chi connectivity index (χ0) is 21.1. The van der Waals surface area contributed by atoms with E-state index in [4.69, 9.17) is 11.6 Å². The third kappa shape index (κ3) is 4.47. The summed E-state index contributed by atoms with van der Waals surface area (Å²) in [4.78, 5) is 24.4. The van der Waals surface area contributed by atoms with Crippen molar-refractivity contribution in [3.8, 4) is 0 Å². The van der Waals surface area contributed by atoms with Crippen molar-refractivity contribution >= 4 is 23.5 Å². The summed E-state index contributed by atoms with van der Waals surface area (Å²) in [6.45, 7) is 6.22. The molecular weight excluding hydrogens is 396 g/mol. The van der Waals surface area contributed by atoms with Crippen LogP contribution in [0.1, 0.15) is 48.9 Å². The SMILES string of the molecule is CCc1ccc(C2CCN(C3CCN(c4ccc(/C=N\C)cc4Cl)CC3)C2)[nH]c1=O. The van der Waals surface area contributed by atoms with Crippen LogP contribution in [0.2, 0.25) is 5.02 Å². The lowest BCUT2D eigenvalue weighted by atomic mass is 10.0. The monoisotopic (exact) mass is 426 g/mol.